The lowest BCUT2D eigenvalue weighted by atomic mass is 10.2. The van der Waals surface area contributed by atoms with Crippen LogP contribution < -0.4 is 0 Å². The van der Waals surface area contributed by atoms with Crippen LogP contribution >= 0.6 is 7.60 Å². The van der Waals surface area contributed by atoms with Crippen LogP contribution in [0.25, 0.3) is 0 Å². The standard InChI is InChI=1S/C6H12N3O4P/c1-13-5(2-3-14(10,11)12)6-7-4-8-9-6/h4-5H,2-3H2,1H3,(H,7,8,9)(H2,10,11,12). The van der Waals surface area contributed by atoms with Gasteiger partial charge in [0, 0.05) is 7.11 Å². The Morgan fingerprint density at radius 2 is 2.43 bits per heavy atom. The minimum Gasteiger partial charge on any atom is -0.373 e. The van der Waals surface area contributed by atoms with Crippen LogP contribution in [-0.4, -0.2) is 38.2 Å². The molecule has 0 aromatic carbocycles. The molecule has 0 aliphatic rings. The number of methoxy groups -OCH3 is 1. The van der Waals surface area contributed by atoms with Crippen LogP contribution in [-0.2, 0) is 9.30 Å². The summed E-state index contributed by atoms with van der Waals surface area (Å²) in [5, 5.41) is 6.21. The van der Waals surface area contributed by atoms with Gasteiger partial charge in [-0.15, -0.1) is 0 Å². The zero-order chi connectivity index (χ0) is 10.6. The molecule has 1 atom stereocenters. The fourth-order valence-electron chi connectivity index (χ4n) is 1.02. The summed E-state index contributed by atoms with van der Waals surface area (Å²) in [5.41, 5.74) is 0. The number of ether oxygens (including phenoxy) is 1. The van der Waals surface area contributed by atoms with E-state index in [1.807, 2.05) is 0 Å². The summed E-state index contributed by atoms with van der Waals surface area (Å²) in [6.45, 7) is 0. The van der Waals surface area contributed by atoms with Crippen LogP contribution in [0.3, 0.4) is 0 Å². The van der Waals surface area contributed by atoms with Gasteiger partial charge >= 0.3 is 7.60 Å². The Hall–Kier alpha value is -0.750. The molecular weight excluding hydrogens is 209 g/mol. The van der Waals surface area contributed by atoms with E-state index in [0.717, 1.165) is 0 Å². The van der Waals surface area contributed by atoms with E-state index in [-0.39, 0.29) is 12.6 Å². The van der Waals surface area contributed by atoms with Gasteiger partial charge in [-0.1, -0.05) is 0 Å². The van der Waals surface area contributed by atoms with E-state index >= 15 is 0 Å². The molecule has 0 fully saturated rings. The van der Waals surface area contributed by atoms with Gasteiger partial charge in [-0.3, -0.25) is 9.66 Å². The molecule has 1 unspecified atom stereocenters. The first-order valence-electron chi connectivity index (χ1n) is 3.95. The number of nitrogens with zero attached hydrogens (tertiary/aromatic N) is 2. The zero-order valence-corrected chi connectivity index (χ0v) is 8.52. The molecule has 3 N–H and O–H groups in total. The van der Waals surface area contributed by atoms with E-state index in [1.165, 1.54) is 13.4 Å². The number of aromatic nitrogens is 3. The van der Waals surface area contributed by atoms with E-state index in [4.69, 9.17) is 14.5 Å². The zero-order valence-electron chi connectivity index (χ0n) is 7.62. The Bertz CT molecular complexity index is 309. The summed E-state index contributed by atoms with van der Waals surface area (Å²) >= 11 is 0. The number of hydrogen-bond donors (Lipinski definition) is 3. The van der Waals surface area contributed by atoms with Crippen LogP contribution in [0.15, 0.2) is 6.33 Å². The van der Waals surface area contributed by atoms with Crippen molar-refractivity contribution in [2.45, 2.75) is 12.5 Å². The van der Waals surface area contributed by atoms with Crippen LogP contribution in [0.5, 0.6) is 0 Å². The molecule has 1 aromatic rings. The lowest BCUT2D eigenvalue weighted by Crippen LogP contribution is -2.06. The van der Waals surface area contributed by atoms with Crippen LogP contribution in [0.4, 0.5) is 0 Å². The average molecular weight is 221 g/mol. The number of hydrogen-bond acceptors (Lipinski definition) is 4. The van der Waals surface area contributed by atoms with E-state index in [9.17, 15) is 4.57 Å². The van der Waals surface area contributed by atoms with Gasteiger partial charge < -0.3 is 14.5 Å². The molecule has 0 saturated heterocycles. The number of rotatable bonds is 5. The Morgan fingerprint density at radius 3 is 2.86 bits per heavy atom. The Labute approximate surface area is 80.7 Å². The summed E-state index contributed by atoms with van der Waals surface area (Å²) in [5.74, 6) is 0.473. The molecule has 1 aromatic heterocycles. The minimum atomic E-state index is -3.98. The molecule has 0 radical (unpaired) electrons. The van der Waals surface area contributed by atoms with Crippen molar-refractivity contribution in [3.63, 3.8) is 0 Å². The summed E-state index contributed by atoms with van der Waals surface area (Å²) in [6, 6.07) is 0. The van der Waals surface area contributed by atoms with Crippen molar-refractivity contribution in [1.29, 1.82) is 0 Å². The second-order valence-electron chi connectivity index (χ2n) is 2.77. The van der Waals surface area contributed by atoms with Crippen molar-refractivity contribution in [2.24, 2.45) is 0 Å². The van der Waals surface area contributed by atoms with Gasteiger partial charge in [0.05, 0.1) is 6.16 Å². The lowest BCUT2D eigenvalue weighted by molar-refractivity contribution is 0.0923. The van der Waals surface area contributed by atoms with Gasteiger partial charge in [0.15, 0.2) is 5.82 Å². The quantitative estimate of drug-likeness (QED) is 0.606. The molecule has 80 valence electrons. The normalized spacial score (nSPS) is 14.2. The highest BCUT2D eigenvalue weighted by Crippen LogP contribution is 2.37. The van der Waals surface area contributed by atoms with E-state index in [1.54, 1.807) is 0 Å². The Morgan fingerprint density at radius 1 is 1.71 bits per heavy atom. The highest BCUT2D eigenvalue weighted by atomic mass is 31.2. The predicted molar refractivity (Wildman–Crippen MR) is 47.7 cm³/mol. The summed E-state index contributed by atoms with van der Waals surface area (Å²) in [4.78, 5) is 21.2. The van der Waals surface area contributed by atoms with Crippen LogP contribution in [0.1, 0.15) is 18.3 Å². The maximum atomic E-state index is 10.6. The third-order valence-electron chi connectivity index (χ3n) is 1.71. The maximum Gasteiger partial charge on any atom is 0.325 e. The van der Waals surface area contributed by atoms with E-state index in [0.29, 0.717) is 5.82 Å². The predicted octanol–water partition coefficient (Wildman–Crippen LogP) is 0.0600. The lowest BCUT2D eigenvalue weighted by Gasteiger charge is -2.12. The van der Waals surface area contributed by atoms with Crippen molar-refractivity contribution in [1.82, 2.24) is 15.2 Å². The third kappa shape index (κ3) is 3.55. The summed E-state index contributed by atoms with van der Waals surface area (Å²) < 4.78 is 15.6. The SMILES string of the molecule is COC(CCP(=O)(O)O)c1ncn[nH]1. The molecule has 0 saturated carbocycles. The molecule has 7 nitrogen and oxygen atoms in total. The van der Waals surface area contributed by atoms with Crippen LogP contribution in [0.2, 0.25) is 0 Å². The molecule has 0 aliphatic heterocycles. The van der Waals surface area contributed by atoms with Gasteiger partial charge in [-0.25, -0.2) is 4.98 Å². The fraction of sp³-hybridized carbons (Fsp3) is 0.667. The molecule has 14 heavy (non-hydrogen) atoms. The van der Waals surface area contributed by atoms with Crippen molar-refractivity contribution in [3.8, 4) is 0 Å². The third-order valence-corrected chi connectivity index (χ3v) is 2.55. The molecule has 8 heteroatoms. The molecule has 0 spiro atoms. The smallest absolute Gasteiger partial charge is 0.325 e. The average Bonchev–Trinajstić information content (AvgIpc) is 2.56. The summed E-state index contributed by atoms with van der Waals surface area (Å²) in [7, 11) is -2.53. The second-order valence-corrected chi connectivity index (χ2v) is 4.55. The van der Waals surface area contributed by atoms with Crippen molar-refractivity contribution in [3.05, 3.63) is 12.2 Å². The molecule has 0 aliphatic carbocycles. The van der Waals surface area contributed by atoms with Gasteiger partial charge in [0.1, 0.15) is 12.4 Å². The fourth-order valence-corrected chi connectivity index (χ4v) is 1.59. The first-order chi connectivity index (χ1) is 6.53. The van der Waals surface area contributed by atoms with Gasteiger partial charge in [-0.2, -0.15) is 5.10 Å². The van der Waals surface area contributed by atoms with Crippen molar-refractivity contribution in [2.75, 3.05) is 13.3 Å². The van der Waals surface area contributed by atoms with Crippen molar-refractivity contribution < 1.29 is 19.1 Å². The molecule has 1 heterocycles. The maximum absolute atomic E-state index is 10.6. The molecule has 0 bridgehead atoms. The Balaban J connectivity index is 2.53. The van der Waals surface area contributed by atoms with Gasteiger partial charge in [0.25, 0.3) is 0 Å². The summed E-state index contributed by atoms with van der Waals surface area (Å²) in [6.07, 6.45) is 0.839. The Kier molecular flexibility index (Phi) is 3.77. The van der Waals surface area contributed by atoms with Gasteiger partial charge in [0.2, 0.25) is 0 Å². The number of aromatic amines is 1. The second kappa shape index (κ2) is 4.65. The number of H-pyrrole nitrogens is 1. The van der Waals surface area contributed by atoms with Crippen molar-refractivity contribution >= 4 is 7.60 Å². The monoisotopic (exact) mass is 221 g/mol. The topological polar surface area (TPSA) is 108 Å². The largest absolute Gasteiger partial charge is 0.373 e. The molecular formula is C6H12N3O4P. The minimum absolute atomic E-state index is 0.204. The highest BCUT2D eigenvalue weighted by molar-refractivity contribution is 7.51. The molecule has 1 rings (SSSR count). The number of nitrogens with one attached hydrogen (secondary N) is 1. The van der Waals surface area contributed by atoms with E-state index in [2.05, 4.69) is 15.2 Å². The first-order valence-corrected chi connectivity index (χ1v) is 5.75. The van der Waals surface area contributed by atoms with Crippen LogP contribution in [0, 0.1) is 0 Å². The van der Waals surface area contributed by atoms with Gasteiger partial charge in [-0.05, 0) is 6.42 Å². The molecule has 0 amide bonds. The van der Waals surface area contributed by atoms with E-state index < -0.39 is 13.7 Å². The highest BCUT2D eigenvalue weighted by Gasteiger charge is 2.20. The first kappa shape index (κ1) is 11.3.